The van der Waals surface area contributed by atoms with Crippen LogP contribution in [0.1, 0.15) is 24.1 Å². The van der Waals surface area contributed by atoms with Crippen LogP contribution < -0.4 is 5.73 Å². The van der Waals surface area contributed by atoms with Crippen LogP contribution in [0.4, 0.5) is 13.2 Å². The molecule has 0 fully saturated rings. The van der Waals surface area contributed by atoms with Gasteiger partial charge < -0.3 is 5.73 Å². The lowest BCUT2D eigenvalue weighted by atomic mass is 9.95. The van der Waals surface area contributed by atoms with Gasteiger partial charge in [0.2, 0.25) is 0 Å². The number of nitrogens with two attached hydrogens (primary N) is 1. The van der Waals surface area contributed by atoms with Gasteiger partial charge in [-0.25, -0.2) is 0 Å². The van der Waals surface area contributed by atoms with Crippen molar-refractivity contribution in [2.24, 2.45) is 5.73 Å². The Morgan fingerprint density at radius 1 is 0.947 bits per heavy atom. The minimum Gasteiger partial charge on any atom is -0.324 e. The average molecular weight is 265 g/mol. The fraction of sp³-hybridized carbons (Fsp3) is 0.200. The summed E-state index contributed by atoms with van der Waals surface area (Å²) in [5.74, 6) is 0. The first-order valence-electron chi connectivity index (χ1n) is 5.92. The molecule has 100 valence electrons. The third kappa shape index (κ3) is 2.96. The molecule has 0 aromatic heterocycles. The van der Waals surface area contributed by atoms with Crippen molar-refractivity contribution in [3.05, 3.63) is 59.7 Å². The maximum Gasteiger partial charge on any atom is 0.416 e. The quantitative estimate of drug-likeness (QED) is 0.856. The molecule has 0 spiro atoms. The first-order valence-corrected chi connectivity index (χ1v) is 5.92. The Kier molecular flexibility index (Phi) is 3.62. The second-order valence-corrected chi connectivity index (χ2v) is 4.45. The van der Waals surface area contributed by atoms with Crippen molar-refractivity contribution in [1.29, 1.82) is 0 Å². The first kappa shape index (κ1) is 13.6. The van der Waals surface area contributed by atoms with E-state index in [0.29, 0.717) is 0 Å². The monoisotopic (exact) mass is 265 g/mol. The number of rotatable bonds is 2. The summed E-state index contributed by atoms with van der Waals surface area (Å²) < 4.78 is 37.5. The Balaban J connectivity index is 2.43. The van der Waals surface area contributed by atoms with Gasteiger partial charge in [-0.1, -0.05) is 36.4 Å². The third-order valence-electron chi connectivity index (χ3n) is 2.97. The lowest BCUT2D eigenvalue weighted by molar-refractivity contribution is -0.137. The molecule has 0 amide bonds. The molecule has 0 unspecified atom stereocenters. The van der Waals surface area contributed by atoms with Gasteiger partial charge in [-0.05, 0) is 35.7 Å². The maximum atomic E-state index is 12.5. The fourth-order valence-electron chi connectivity index (χ4n) is 2.00. The lowest BCUT2D eigenvalue weighted by Crippen LogP contribution is -2.07. The third-order valence-corrected chi connectivity index (χ3v) is 2.97. The van der Waals surface area contributed by atoms with E-state index >= 15 is 0 Å². The summed E-state index contributed by atoms with van der Waals surface area (Å²) in [5.41, 5.74) is 7.75. The normalized spacial score (nSPS) is 13.3. The Morgan fingerprint density at radius 3 is 2.05 bits per heavy atom. The van der Waals surface area contributed by atoms with Gasteiger partial charge in [0.15, 0.2) is 0 Å². The minimum absolute atomic E-state index is 0.168. The second kappa shape index (κ2) is 5.05. The predicted octanol–water partition coefficient (Wildman–Crippen LogP) is 4.39. The zero-order chi connectivity index (χ0) is 14.0. The summed E-state index contributed by atoms with van der Waals surface area (Å²) in [6.07, 6.45) is -4.31. The van der Waals surface area contributed by atoms with E-state index in [1.807, 2.05) is 31.2 Å². The second-order valence-electron chi connectivity index (χ2n) is 4.45. The van der Waals surface area contributed by atoms with Crippen LogP contribution in [0.25, 0.3) is 11.1 Å². The van der Waals surface area contributed by atoms with Gasteiger partial charge in [0.05, 0.1) is 5.56 Å². The van der Waals surface area contributed by atoms with Gasteiger partial charge in [-0.15, -0.1) is 0 Å². The molecule has 0 saturated heterocycles. The van der Waals surface area contributed by atoms with Gasteiger partial charge in [-0.3, -0.25) is 0 Å². The number of hydrogen-bond acceptors (Lipinski definition) is 1. The van der Waals surface area contributed by atoms with E-state index in [1.54, 1.807) is 0 Å². The van der Waals surface area contributed by atoms with E-state index in [9.17, 15) is 13.2 Å². The van der Waals surface area contributed by atoms with Crippen molar-refractivity contribution < 1.29 is 13.2 Å². The number of hydrogen-bond donors (Lipinski definition) is 1. The van der Waals surface area contributed by atoms with E-state index in [-0.39, 0.29) is 6.04 Å². The molecular formula is C15H14F3N. The molecule has 2 aromatic rings. The van der Waals surface area contributed by atoms with Crippen LogP contribution in [0.2, 0.25) is 0 Å². The van der Waals surface area contributed by atoms with Gasteiger partial charge in [0.1, 0.15) is 0 Å². The SMILES string of the molecule is C[C@@H](N)c1ccccc1-c1ccc(C(F)(F)F)cc1. The summed E-state index contributed by atoms with van der Waals surface area (Å²) in [5, 5.41) is 0. The molecule has 0 heterocycles. The number of alkyl halides is 3. The van der Waals surface area contributed by atoms with Crippen molar-refractivity contribution in [2.75, 3.05) is 0 Å². The standard InChI is InChI=1S/C15H14F3N/c1-10(19)13-4-2-3-5-14(13)11-6-8-12(9-7-11)15(16,17)18/h2-10H,19H2,1H3/t10-/m1/s1. The molecule has 1 nitrogen and oxygen atoms in total. The summed E-state index contributed by atoms with van der Waals surface area (Å²) in [7, 11) is 0. The minimum atomic E-state index is -4.31. The largest absolute Gasteiger partial charge is 0.416 e. The first-order chi connectivity index (χ1) is 8.89. The molecule has 1 atom stereocenters. The highest BCUT2D eigenvalue weighted by Crippen LogP contribution is 2.32. The van der Waals surface area contributed by atoms with Crippen molar-refractivity contribution >= 4 is 0 Å². The molecule has 0 saturated carbocycles. The molecule has 2 aromatic carbocycles. The predicted molar refractivity (Wildman–Crippen MR) is 69.5 cm³/mol. The fourth-order valence-corrected chi connectivity index (χ4v) is 2.00. The van der Waals surface area contributed by atoms with Crippen LogP contribution in [0, 0.1) is 0 Å². The highest BCUT2D eigenvalue weighted by Gasteiger charge is 2.30. The zero-order valence-corrected chi connectivity index (χ0v) is 10.4. The molecule has 4 heteroatoms. The Labute approximate surface area is 109 Å². The van der Waals surface area contributed by atoms with E-state index in [2.05, 4.69) is 0 Å². The Morgan fingerprint density at radius 2 is 1.53 bits per heavy atom. The van der Waals surface area contributed by atoms with Crippen LogP contribution in [0.5, 0.6) is 0 Å². The van der Waals surface area contributed by atoms with Crippen molar-refractivity contribution in [1.82, 2.24) is 0 Å². The van der Waals surface area contributed by atoms with E-state index in [4.69, 9.17) is 5.73 Å². The molecule has 0 aliphatic heterocycles. The van der Waals surface area contributed by atoms with Crippen LogP contribution in [0.15, 0.2) is 48.5 Å². The van der Waals surface area contributed by atoms with Crippen LogP contribution >= 0.6 is 0 Å². The van der Waals surface area contributed by atoms with Gasteiger partial charge >= 0.3 is 6.18 Å². The molecule has 2 N–H and O–H groups in total. The average Bonchev–Trinajstić information content (AvgIpc) is 2.38. The lowest BCUT2D eigenvalue weighted by Gasteiger charge is -2.13. The van der Waals surface area contributed by atoms with Crippen molar-refractivity contribution in [2.45, 2.75) is 19.1 Å². The molecule has 0 aliphatic carbocycles. The molecule has 0 aliphatic rings. The summed E-state index contributed by atoms with van der Waals surface area (Å²) in [6, 6.07) is 12.4. The Hall–Kier alpha value is -1.81. The van der Waals surface area contributed by atoms with Gasteiger partial charge in [0.25, 0.3) is 0 Å². The van der Waals surface area contributed by atoms with Crippen molar-refractivity contribution in [3.63, 3.8) is 0 Å². The molecule has 0 radical (unpaired) electrons. The maximum absolute atomic E-state index is 12.5. The molecule has 0 bridgehead atoms. The number of halogens is 3. The summed E-state index contributed by atoms with van der Waals surface area (Å²) >= 11 is 0. The van der Waals surface area contributed by atoms with E-state index < -0.39 is 11.7 Å². The van der Waals surface area contributed by atoms with Gasteiger partial charge in [0, 0.05) is 6.04 Å². The molecular weight excluding hydrogens is 251 g/mol. The van der Waals surface area contributed by atoms with E-state index in [0.717, 1.165) is 28.8 Å². The highest BCUT2D eigenvalue weighted by molar-refractivity contribution is 5.68. The van der Waals surface area contributed by atoms with Crippen molar-refractivity contribution in [3.8, 4) is 11.1 Å². The highest BCUT2D eigenvalue weighted by atomic mass is 19.4. The summed E-state index contributed by atoms with van der Waals surface area (Å²) in [6.45, 7) is 1.85. The Bertz CT molecular complexity index is 556. The topological polar surface area (TPSA) is 26.0 Å². The van der Waals surface area contributed by atoms with Crippen LogP contribution in [0.3, 0.4) is 0 Å². The summed E-state index contributed by atoms with van der Waals surface area (Å²) in [4.78, 5) is 0. The number of benzene rings is 2. The van der Waals surface area contributed by atoms with Crippen LogP contribution in [-0.4, -0.2) is 0 Å². The molecule has 2 rings (SSSR count). The van der Waals surface area contributed by atoms with Gasteiger partial charge in [-0.2, -0.15) is 13.2 Å². The molecule has 19 heavy (non-hydrogen) atoms. The smallest absolute Gasteiger partial charge is 0.324 e. The van der Waals surface area contributed by atoms with Crippen LogP contribution in [-0.2, 0) is 6.18 Å². The zero-order valence-electron chi connectivity index (χ0n) is 10.4. The van der Waals surface area contributed by atoms with E-state index in [1.165, 1.54) is 12.1 Å².